The summed E-state index contributed by atoms with van der Waals surface area (Å²) >= 11 is 1.07. The highest BCUT2D eigenvalue weighted by Gasteiger charge is 2.23. The number of rotatable bonds is 6. The van der Waals surface area contributed by atoms with Crippen molar-refractivity contribution in [3.8, 4) is 5.75 Å². The molecule has 0 aliphatic carbocycles. The number of ether oxygens (including phenoxy) is 1. The third-order valence-electron chi connectivity index (χ3n) is 3.62. The fourth-order valence-electron chi connectivity index (χ4n) is 2.50. The molecule has 0 fully saturated rings. The lowest BCUT2D eigenvalue weighted by atomic mass is 10.2. The number of fused-ring (bicyclic) bond motifs is 1. The first-order valence-electron chi connectivity index (χ1n) is 7.51. The van der Waals surface area contributed by atoms with Gasteiger partial charge in [-0.05, 0) is 24.4 Å². The summed E-state index contributed by atoms with van der Waals surface area (Å²) < 4.78 is 34.0. The smallest absolute Gasteiger partial charge is 0.274 e. The molecule has 132 valence electrons. The minimum Gasteiger partial charge on any atom is -0.494 e. The molecule has 25 heavy (non-hydrogen) atoms. The minimum absolute atomic E-state index is 0.112. The van der Waals surface area contributed by atoms with Gasteiger partial charge in [-0.1, -0.05) is 18.2 Å². The number of nitrogens with one attached hydrogen (secondary N) is 1. The van der Waals surface area contributed by atoms with E-state index in [0.29, 0.717) is 11.1 Å². The van der Waals surface area contributed by atoms with E-state index in [4.69, 9.17) is 4.74 Å². The van der Waals surface area contributed by atoms with Gasteiger partial charge in [0.2, 0.25) is 0 Å². The van der Waals surface area contributed by atoms with Crippen LogP contribution in [0.25, 0.3) is 10.8 Å². The van der Waals surface area contributed by atoms with Gasteiger partial charge in [0.15, 0.2) is 4.21 Å². The number of benzene rings is 1. The zero-order valence-electron chi connectivity index (χ0n) is 13.7. The van der Waals surface area contributed by atoms with Crippen molar-refractivity contribution in [2.75, 3.05) is 7.11 Å². The SMILES string of the molecule is COc1ccsc1S(=O)(=O)N[C@H](C)Cn1ncc2ccccc2c1=O. The number of hydrogen-bond donors (Lipinski definition) is 1. The zero-order chi connectivity index (χ0) is 18.0. The van der Waals surface area contributed by atoms with Crippen molar-refractivity contribution in [2.24, 2.45) is 0 Å². The maximum atomic E-state index is 12.5. The number of hydrogen-bond acceptors (Lipinski definition) is 6. The molecule has 0 bridgehead atoms. The second-order valence-electron chi connectivity index (χ2n) is 5.52. The lowest BCUT2D eigenvalue weighted by Gasteiger charge is -2.15. The van der Waals surface area contributed by atoms with Crippen LogP contribution in [-0.4, -0.2) is 31.3 Å². The van der Waals surface area contributed by atoms with E-state index in [0.717, 1.165) is 16.7 Å². The van der Waals surface area contributed by atoms with Crippen LogP contribution in [0, 0.1) is 0 Å². The molecule has 3 aromatic rings. The third-order valence-corrected chi connectivity index (χ3v) is 6.66. The molecule has 7 nitrogen and oxygen atoms in total. The molecule has 0 unspecified atom stereocenters. The Kier molecular flexibility index (Phi) is 4.89. The number of sulfonamides is 1. The van der Waals surface area contributed by atoms with Crippen LogP contribution in [0.3, 0.4) is 0 Å². The Morgan fingerprint density at radius 3 is 2.84 bits per heavy atom. The summed E-state index contributed by atoms with van der Waals surface area (Å²) in [5.74, 6) is 0.297. The van der Waals surface area contributed by atoms with Crippen molar-refractivity contribution < 1.29 is 13.2 Å². The van der Waals surface area contributed by atoms with Crippen LogP contribution in [0.1, 0.15) is 6.92 Å². The molecule has 2 heterocycles. The molecule has 0 spiro atoms. The van der Waals surface area contributed by atoms with Gasteiger partial charge in [-0.15, -0.1) is 11.3 Å². The number of thiophene rings is 1. The minimum atomic E-state index is -3.73. The third kappa shape index (κ3) is 3.58. The number of nitrogens with zero attached hydrogens (tertiary/aromatic N) is 2. The van der Waals surface area contributed by atoms with E-state index in [1.807, 2.05) is 12.1 Å². The van der Waals surface area contributed by atoms with Crippen molar-refractivity contribution in [1.29, 1.82) is 0 Å². The second-order valence-corrected chi connectivity index (χ2v) is 8.34. The molecule has 3 rings (SSSR count). The first kappa shape index (κ1) is 17.6. The monoisotopic (exact) mass is 379 g/mol. The first-order valence-corrected chi connectivity index (χ1v) is 9.87. The Bertz CT molecular complexity index is 1060. The summed E-state index contributed by atoms with van der Waals surface area (Å²) in [7, 11) is -2.31. The van der Waals surface area contributed by atoms with Gasteiger partial charge in [0, 0.05) is 11.4 Å². The standard InChI is InChI=1S/C16H17N3O4S2/c1-11(18-25(21,22)16-14(23-2)7-8-24-16)10-19-15(20)13-6-4-3-5-12(13)9-17-19/h3-9,11,18H,10H2,1-2H3/t11-/m1/s1. The topological polar surface area (TPSA) is 90.3 Å². The molecule has 9 heteroatoms. The average molecular weight is 379 g/mol. The van der Waals surface area contributed by atoms with Crippen LogP contribution in [0.15, 0.2) is 50.9 Å². The van der Waals surface area contributed by atoms with E-state index < -0.39 is 16.1 Å². The van der Waals surface area contributed by atoms with E-state index in [-0.39, 0.29) is 16.3 Å². The van der Waals surface area contributed by atoms with Crippen molar-refractivity contribution in [3.63, 3.8) is 0 Å². The van der Waals surface area contributed by atoms with E-state index >= 15 is 0 Å². The summed E-state index contributed by atoms with van der Waals surface area (Å²) in [4.78, 5) is 12.5. The Balaban J connectivity index is 1.82. The van der Waals surface area contributed by atoms with Crippen LogP contribution in [0.5, 0.6) is 5.75 Å². The van der Waals surface area contributed by atoms with Gasteiger partial charge >= 0.3 is 0 Å². The quantitative estimate of drug-likeness (QED) is 0.706. The Morgan fingerprint density at radius 2 is 2.08 bits per heavy atom. The maximum Gasteiger partial charge on any atom is 0.274 e. The normalized spacial score (nSPS) is 13.0. The Morgan fingerprint density at radius 1 is 1.32 bits per heavy atom. The lowest BCUT2D eigenvalue weighted by molar-refractivity contribution is 0.405. The van der Waals surface area contributed by atoms with Gasteiger partial charge in [-0.3, -0.25) is 4.79 Å². The highest BCUT2D eigenvalue weighted by Crippen LogP contribution is 2.29. The molecule has 1 atom stereocenters. The van der Waals surface area contributed by atoms with Crippen LogP contribution < -0.4 is 15.0 Å². The molecule has 0 saturated heterocycles. The van der Waals surface area contributed by atoms with E-state index in [1.165, 1.54) is 11.8 Å². The van der Waals surface area contributed by atoms with Crippen molar-refractivity contribution in [2.45, 2.75) is 23.7 Å². The van der Waals surface area contributed by atoms with Gasteiger partial charge < -0.3 is 4.74 Å². The maximum absolute atomic E-state index is 12.5. The predicted molar refractivity (Wildman–Crippen MR) is 96.7 cm³/mol. The number of methoxy groups -OCH3 is 1. The Labute approximate surface area is 148 Å². The van der Waals surface area contributed by atoms with Gasteiger partial charge in [-0.2, -0.15) is 5.10 Å². The molecule has 0 amide bonds. The molecule has 1 N–H and O–H groups in total. The van der Waals surface area contributed by atoms with Crippen molar-refractivity contribution in [1.82, 2.24) is 14.5 Å². The fourth-order valence-corrected chi connectivity index (χ4v) is 5.03. The van der Waals surface area contributed by atoms with Gasteiger partial charge in [-0.25, -0.2) is 17.8 Å². The Hall–Kier alpha value is -2.23. The van der Waals surface area contributed by atoms with Crippen molar-refractivity contribution in [3.05, 3.63) is 52.3 Å². The van der Waals surface area contributed by atoms with E-state index in [2.05, 4.69) is 9.82 Å². The molecular formula is C16H17N3O4S2. The highest BCUT2D eigenvalue weighted by atomic mass is 32.2. The van der Waals surface area contributed by atoms with Crippen LogP contribution >= 0.6 is 11.3 Å². The highest BCUT2D eigenvalue weighted by molar-refractivity contribution is 7.91. The molecule has 0 aliphatic rings. The van der Waals surface area contributed by atoms with Gasteiger partial charge in [0.25, 0.3) is 15.6 Å². The van der Waals surface area contributed by atoms with E-state index in [9.17, 15) is 13.2 Å². The molecular weight excluding hydrogens is 362 g/mol. The largest absolute Gasteiger partial charge is 0.494 e. The van der Waals surface area contributed by atoms with Gasteiger partial charge in [0.05, 0.1) is 25.2 Å². The zero-order valence-corrected chi connectivity index (χ0v) is 15.3. The first-order chi connectivity index (χ1) is 11.9. The molecule has 0 radical (unpaired) electrons. The molecule has 0 aliphatic heterocycles. The average Bonchev–Trinajstić information content (AvgIpc) is 3.07. The summed E-state index contributed by atoms with van der Waals surface area (Å²) in [5.41, 5.74) is -0.252. The fraction of sp³-hybridized carbons (Fsp3) is 0.250. The number of aromatic nitrogens is 2. The molecule has 2 aromatic heterocycles. The summed E-state index contributed by atoms with van der Waals surface area (Å²) in [6.45, 7) is 1.80. The van der Waals surface area contributed by atoms with Crippen molar-refractivity contribution >= 4 is 32.1 Å². The lowest BCUT2D eigenvalue weighted by Crippen LogP contribution is -2.38. The molecule has 0 saturated carbocycles. The van der Waals surface area contributed by atoms with Crippen LogP contribution in [0.2, 0.25) is 0 Å². The van der Waals surface area contributed by atoms with Gasteiger partial charge in [0.1, 0.15) is 5.75 Å². The van der Waals surface area contributed by atoms with Crippen LogP contribution in [-0.2, 0) is 16.6 Å². The second kappa shape index (κ2) is 6.95. The summed E-state index contributed by atoms with van der Waals surface area (Å²) in [5, 5.41) is 7.07. The summed E-state index contributed by atoms with van der Waals surface area (Å²) in [6.07, 6.45) is 1.60. The summed E-state index contributed by atoms with van der Waals surface area (Å²) in [6, 6.07) is 8.22. The van der Waals surface area contributed by atoms with Crippen LogP contribution in [0.4, 0.5) is 0 Å². The predicted octanol–water partition coefficient (Wildman–Crippen LogP) is 1.83. The van der Waals surface area contributed by atoms with E-state index in [1.54, 1.807) is 36.7 Å². The molecule has 1 aromatic carbocycles.